The minimum absolute atomic E-state index is 0.00473. The van der Waals surface area contributed by atoms with E-state index in [-0.39, 0.29) is 21.8 Å². The fourth-order valence-corrected chi connectivity index (χ4v) is 4.94. The van der Waals surface area contributed by atoms with E-state index < -0.39 is 20.7 Å². The molecule has 1 saturated heterocycles. The van der Waals surface area contributed by atoms with Gasteiger partial charge in [0.2, 0.25) is 5.13 Å². The van der Waals surface area contributed by atoms with E-state index in [2.05, 4.69) is 19.4 Å². The van der Waals surface area contributed by atoms with Crippen LogP contribution in [-0.4, -0.2) is 30.9 Å². The van der Waals surface area contributed by atoms with Gasteiger partial charge in [-0.05, 0) is 24.3 Å². The van der Waals surface area contributed by atoms with Gasteiger partial charge in [-0.2, -0.15) is 4.37 Å². The summed E-state index contributed by atoms with van der Waals surface area (Å²) in [7, 11) is -4.23. The Balaban J connectivity index is 1.65. The summed E-state index contributed by atoms with van der Waals surface area (Å²) in [5.74, 6) is -0.329. The molecule has 1 aromatic heterocycles. The number of aromatic nitrogens is 2. The summed E-state index contributed by atoms with van der Waals surface area (Å²) in [5, 5.41) is 3.68. The van der Waals surface area contributed by atoms with E-state index in [4.69, 9.17) is 27.9 Å². The summed E-state index contributed by atoms with van der Waals surface area (Å²) in [6, 6.07) is 7.05. The fourth-order valence-electron chi connectivity index (χ4n) is 2.74. The van der Waals surface area contributed by atoms with Crippen LogP contribution in [0.25, 0.3) is 0 Å². The van der Waals surface area contributed by atoms with Crippen molar-refractivity contribution in [1.82, 2.24) is 14.7 Å². The summed E-state index contributed by atoms with van der Waals surface area (Å²) in [6.07, 6.45) is 1.18. The first-order chi connectivity index (χ1) is 13.8. The number of ether oxygens (including phenoxy) is 1. The molecule has 7 nitrogen and oxygen atoms in total. The van der Waals surface area contributed by atoms with Gasteiger partial charge >= 0.3 is 0 Å². The van der Waals surface area contributed by atoms with Crippen molar-refractivity contribution in [3.63, 3.8) is 0 Å². The van der Waals surface area contributed by atoms with Gasteiger partial charge in [0.15, 0.2) is 0 Å². The molecule has 152 valence electrons. The number of anilines is 1. The van der Waals surface area contributed by atoms with Crippen molar-refractivity contribution in [2.24, 2.45) is 0 Å². The summed E-state index contributed by atoms with van der Waals surface area (Å²) < 4.78 is 51.2. The molecule has 0 saturated carbocycles. The number of hydrogen-bond acceptors (Lipinski definition) is 7. The number of sulfonamides is 1. The molecule has 12 heteroatoms. The number of benzene rings is 2. The Morgan fingerprint density at radius 2 is 2.00 bits per heavy atom. The number of nitrogens with zero attached hydrogens (tertiary/aromatic N) is 2. The highest BCUT2D eigenvalue weighted by Gasteiger charge is 2.26. The van der Waals surface area contributed by atoms with Gasteiger partial charge in [0.1, 0.15) is 28.5 Å². The molecule has 0 aliphatic carbocycles. The third-order valence-corrected chi connectivity index (χ3v) is 6.87. The Morgan fingerprint density at radius 3 is 2.66 bits per heavy atom. The van der Waals surface area contributed by atoms with E-state index in [0.29, 0.717) is 10.8 Å². The van der Waals surface area contributed by atoms with Crippen molar-refractivity contribution in [1.29, 1.82) is 0 Å². The van der Waals surface area contributed by atoms with Crippen LogP contribution in [0.3, 0.4) is 0 Å². The Morgan fingerprint density at radius 1 is 1.21 bits per heavy atom. The van der Waals surface area contributed by atoms with Gasteiger partial charge < -0.3 is 10.1 Å². The van der Waals surface area contributed by atoms with E-state index in [9.17, 15) is 12.8 Å². The molecule has 2 heterocycles. The van der Waals surface area contributed by atoms with Gasteiger partial charge in [0, 0.05) is 47.2 Å². The first-order valence-corrected chi connectivity index (χ1v) is 11.3. The SMILES string of the molecule is O=S(=O)(Nc1ncns1)c1cc(Cl)c(Oc2ccc(Cl)cc2C2CNC2)cc1F. The molecular weight excluding hydrogens is 462 g/mol. The molecule has 3 aromatic rings. The molecule has 2 N–H and O–H groups in total. The topological polar surface area (TPSA) is 93.2 Å². The molecule has 1 aliphatic rings. The Kier molecular flexibility index (Phi) is 5.63. The van der Waals surface area contributed by atoms with E-state index in [1.165, 1.54) is 6.33 Å². The van der Waals surface area contributed by atoms with Crippen LogP contribution < -0.4 is 14.8 Å². The molecule has 0 radical (unpaired) electrons. The smallest absolute Gasteiger partial charge is 0.266 e. The van der Waals surface area contributed by atoms with Crippen LogP contribution in [0.5, 0.6) is 11.5 Å². The monoisotopic (exact) mass is 474 g/mol. The average molecular weight is 475 g/mol. The minimum Gasteiger partial charge on any atom is -0.455 e. The van der Waals surface area contributed by atoms with Gasteiger partial charge in [0.05, 0.1) is 5.02 Å². The first kappa shape index (κ1) is 20.3. The lowest BCUT2D eigenvalue weighted by Gasteiger charge is -2.29. The minimum atomic E-state index is -4.23. The summed E-state index contributed by atoms with van der Waals surface area (Å²) >= 11 is 13.1. The van der Waals surface area contributed by atoms with E-state index in [1.807, 2.05) is 0 Å². The second-order valence-electron chi connectivity index (χ2n) is 6.20. The zero-order valence-electron chi connectivity index (χ0n) is 14.5. The molecule has 4 rings (SSSR count). The molecule has 0 unspecified atom stereocenters. The molecule has 1 aliphatic heterocycles. The van der Waals surface area contributed by atoms with Crippen LogP contribution in [0.2, 0.25) is 10.0 Å². The van der Waals surface area contributed by atoms with Crippen molar-refractivity contribution in [3.05, 3.63) is 58.1 Å². The maximum Gasteiger partial charge on any atom is 0.266 e. The third kappa shape index (κ3) is 4.31. The molecule has 0 bridgehead atoms. The quantitative estimate of drug-likeness (QED) is 0.554. The highest BCUT2D eigenvalue weighted by atomic mass is 35.5. The highest BCUT2D eigenvalue weighted by molar-refractivity contribution is 7.93. The number of hydrogen-bond donors (Lipinski definition) is 2. The molecule has 1 fully saturated rings. The van der Waals surface area contributed by atoms with Gasteiger partial charge in [-0.15, -0.1) is 0 Å². The second kappa shape index (κ2) is 8.04. The van der Waals surface area contributed by atoms with Crippen molar-refractivity contribution >= 4 is 49.9 Å². The van der Waals surface area contributed by atoms with Gasteiger partial charge in [-0.1, -0.05) is 23.2 Å². The van der Waals surface area contributed by atoms with Crippen LogP contribution in [-0.2, 0) is 10.0 Å². The lowest BCUT2D eigenvalue weighted by molar-refractivity contribution is 0.417. The van der Waals surface area contributed by atoms with Crippen LogP contribution in [0.15, 0.2) is 41.6 Å². The predicted octanol–water partition coefficient (Wildman–Crippen LogP) is 4.26. The zero-order valence-corrected chi connectivity index (χ0v) is 17.7. The van der Waals surface area contributed by atoms with Crippen molar-refractivity contribution < 1.29 is 17.5 Å². The van der Waals surface area contributed by atoms with Crippen LogP contribution in [0.1, 0.15) is 11.5 Å². The molecule has 29 heavy (non-hydrogen) atoms. The third-order valence-electron chi connectivity index (χ3n) is 4.27. The lowest BCUT2D eigenvalue weighted by atomic mass is 9.93. The largest absolute Gasteiger partial charge is 0.455 e. The van der Waals surface area contributed by atoms with Crippen LogP contribution in [0.4, 0.5) is 9.52 Å². The molecular formula is C17H13Cl2FN4O3S2. The van der Waals surface area contributed by atoms with Crippen molar-refractivity contribution in [3.8, 4) is 11.5 Å². The van der Waals surface area contributed by atoms with Gasteiger partial charge in [0.25, 0.3) is 10.0 Å². The van der Waals surface area contributed by atoms with Crippen LogP contribution >= 0.6 is 34.7 Å². The zero-order chi connectivity index (χ0) is 20.6. The Labute approximate surface area is 180 Å². The maximum atomic E-state index is 14.6. The van der Waals surface area contributed by atoms with Crippen molar-refractivity contribution in [2.75, 3.05) is 17.8 Å². The number of nitrogens with one attached hydrogen (secondary N) is 2. The number of rotatable bonds is 6. The normalized spacial score (nSPS) is 14.4. The standard InChI is InChI=1S/C17H13Cl2FN4O3S2/c18-10-1-2-14(11(3-10)9-6-21-7-9)27-15-5-13(20)16(4-12(15)19)29(25,26)24-17-22-8-23-28-17/h1-5,8-9,21H,6-7H2,(H,22,23,24). The fraction of sp³-hybridized carbons (Fsp3) is 0.176. The van der Waals surface area contributed by atoms with E-state index >= 15 is 0 Å². The summed E-state index contributed by atoms with van der Waals surface area (Å²) in [5.41, 5.74) is 0.863. The Hall–Kier alpha value is -1.98. The molecule has 2 aromatic carbocycles. The second-order valence-corrected chi connectivity index (χ2v) is 9.48. The van der Waals surface area contributed by atoms with Crippen LogP contribution in [0, 0.1) is 5.82 Å². The first-order valence-electron chi connectivity index (χ1n) is 8.30. The molecule has 0 atom stereocenters. The Bertz CT molecular complexity index is 1160. The summed E-state index contributed by atoms with van der Waals surface area (Å²) in [6.45, 7) is 1.54. The highest BCUT2D eigenvalue weighted by Crippen LogP contribution is 2.38. The van der Waals surface area contributed by atoms with Crippen molar-refractivity contribution in [2.45, 2.75) is 10.8 Å². The summed E-state index contributed by atoms with van der Waals surface area (Å²) in [4.78, 5) is 3.10. The average Bonchev–Trinajstić information content (AvgIpc) is 3.10. The molecule has 0 amide bonds. The molecule has 0 spiro atoms. The van der Waals surface area contributed by atoms with Gasteiger partial charge in [-0.25, -0.2) is 17.8 Å². The van der Waals surface area contributed by atoms with Gasteiger partial charge in [-0.3, -0.25) is 4.72 Å². The predicted molar refractivity (Wildman–Crippen MR) is 109 cm³/mol. The van der Waals surface area contributed by atoms with E-state index in [0.717, 1.165) is 42.3 Å². The number of halogens is 3. The maximum absolute atomic E-state index is 14.6. The van der Waals surface area contributed by atoms with E-state index in [1.54, 1.807) is 18.2 Å². The lowest BCUT2D eigenvalue weighted by Crippen LogP contribution is -2.40.